The van der Waals surface area contributed by atoms with Crippen molar-refractivity contribution in [1.82, 2.24) is 0 Å². The summed E-state index contributed by atoms with van der Waals surface area (Å²) >= 11 is 0. The number of rotatable bonds is 4. The summed E-state index contributed by atoms with van der Waals surface area (Å²) in [6, 6.07) is 13.6. The molecule has 0 aromatic heterocycles. The van der Waals surface area contributed by atoms with E-state index in [0.29, 0.717) is 17.1 Å². The number of nitrogens with zero attached hydrogens (tertiary/aromatic N) is 4. The van der Waals surface area contributed by atoms with Crippen molar-refractivity contribution in [2.75, 3.05) is 0 Å². The summed E-state index contributed by atoms with van der Waals surface area (Å²) in [5.41, 5.74) is 1.61. The summed E-state index contributed by atoms with van der Waals surface area (Å²) in [5, 5.41) is 8.03. The number of isocyanates is 2. The third kappa shape index (κ3) is 3.40. The fourth-order valence-corrected chi connectivity index (χ4v) is 1.46. The molecule has 0 N–H and O–H groups in total. The molecule has 96 valence electrons. The van der Waals surface area contributed by atoms with Crippen LogP contribution >= 0.6 is 0 Å². The van der Waals surface area contributed by atoms with Crippen LogP contribution < -0.4 is 0 Å². The van der Waals surface area contributed by atoms with Gasteiger partial charge in [0, 0.05) is 0 Å². The Morgan fingerprint density at radius 3 is 2.15 bits per heavy atom. The molecule has 0 radical (unpaired) electrons. The highest BCUT2D eigenvalue weighted by Gasteiger charge is 2.02. The van der Waals surface area contributed by atoms with Crippen LogP contribution in [0.5, 0.6) is 0 Å². The van der Waals surface area contributed by atoms with Gasteiger partial charge in [0.05, 0.1) is 11.4 Å². The van der Waals surface area contributed by atoms with Crippen LogP contribution in [0, 0.1) is 0 Å². The Kier molecular flexibility index (Phi) is 4.41. The van der Waals surface area contributed by atoms with Crippen LogP contribution in [-0.4, -0.2) is 12.2 Å². The fourth-order valence-electron chi connectivity index (χ4n) is 1.46. The number of hydrogen-bond donors (Lipinski definition) is 0. The highest BCUT2D eigenvalue weighted by molar-refractivity contribution is 5.70. The Hall–Kier alpha value is -3.20. The topological polar surface area (TPSA) is 83.6 Å². The van der Waals surface area contributed by atoms with E-state index >= 15 is 0 Å². The average molecular weight is 264 g/mol. The van der Waals surface area contributed by atoms with Gasteiger partial charge in [0.25, 0.3) is 0 Å². The summed E-state index contributed by atoms with van der Waals surface area (Å²) in [5.74, 6) is 0. The van der Waals surface area contributed by atoms with Crippen molar-refractivity contribution in [1.29, 1.82) is 0 Å². The molecule has 0 amide bonds. The van der Waals surface area contributed by atoms with Gasteiger partial charge < -0.3 is 0 Å². The van der Waals surface area contributed by atoms with E-state index in [2.05, 4.69) is 20.2 Å². The number of azo groups is 1. The van der Waals surface area contributed by atoms with Crippen LogP contribution in [0.4, 0.5) is 22.7 Å². The Balaban J connectivity index is 2.38. The van der Waals surface area contributed by atoms with Crippen molar-refractivity contribution in [3.8, 4) is 0 Å². The molecule has 0 atom stereocenters. The first kappa shape index (κ1) is 13.2. The minimum atomic E-state index is 0.233. The van der Waals surface area contributed by atoms with E-state index in [9.17, 15) is 9.59 Å². The normalized spacial score (nSPS) is 9.80. The summed E-state index contributed by atoms with van der Waals surface area (Å²) in [6.07, 6.45) is 2.84. The van der Waals surface area contributed by atoms with Gasteiger partial charge >= 0.3 is 0 Å². The molecule has 0 unspecified atom stereocenters. The highest BCUT2D eigenvalue weighted by atomic mass is 16.1. The van der Waals surface area contributed by atoms with Gasteiger partial charge in [-0.1, -0.05) is 18.2 Å². The summed E-state index contributed by atoms with van der Waals surface area (Å²) in [7, 11) is 0. The number of hydrogen-bond acceptors (Lipinski definition) is 6. The van der Waals surface area contributed by atoms with Crippen molar-refractivity contribution < 1.29 is 9.59 Å². The summed E-state index contributed by atoms with van der Waals surface area (Å²) in [4.78, 5) is 27.5. The van der Waals surface area contributed by atoms with Gasteiger partial charge in [-0.2, -0.15) is 15.1 Å². The van der Waals surface area contributed by atoms with E-state index in [1.54, 1.807) is 24.3 Å². The van der Waals surface area contributed by atoms with Crippen LogP contribution in [0.1, 0.15) is 0 Å². The standard InChI is InChI=1S/C14H8N4O2/c19-9-15-12-6-7-13(14(8-12)16-10-20)18-17-11-4-2-1-3-5-11/h1-8H. The van der Waals surface area contributed by atoms with Crippen molar-refractivity contribution in [2.45, 2.75) is 0 Å². The third-order valence-corrected chi connectivity index (χ3v) is 2.33. The molecule has 0 aliphatic heterocycles. The predicted octanol–water partition coefficient (Wildman–Crippen LogP) is 4.04. The second-order valence-electron chi connectivity index (χ2n) is 3.61. The van der Waals surface area contributed by atoms with Gasteiger partial charge in [-0.05, 0) is 30.3 Å². The molecular formula is C14H8N4O2. The van der Waals surface area contributed by atoms with Gasteiger partial charge in [0.1, 0.15) is 11.4 Å². The van der Waals surface area contributed by atoms with E-state index in [-0.39, 0.29) is 5.69 Å². The highest BCUT2D eigenvalue weighted by Crippen LogP contribution is 2.32. The molecule has 0 saturated carbocycles. The fraction of sp³-hybridized carbons (Fsp3) is 0. The first-order chi connectivity index (χ1) is 9.83. The lowest BCUT2D eigenvalue weighted by Gasteiger charge is -1.98. The molecular weight excluding hydrogens is 256 g/mol. The van der Waals surface area contributed by atoms with E-state index in [4.69, 9.17) is 0 Å². The van der Waals surface area contributed by atoms with Crippen LogP contribution in [0.3, 0.4) is 0 Å². The largest absolute Gasteiger partial charge is 0.240 e. The van der Waals surface area contributed by atoms with Gasteiger partial charge in [0.2, 0.25) is 12.2 Å². The Labute approximate surface area is 114 Å². The first-order valence-corrected chi connectivity index (χ1v) is 5.60. The third-order valence-electron chi connectivity index (χ3n) is 2.33. The van der Waals surface area contributed by atoms with Crippen molar-refractivity contribution in [2.24, 2.45) is 20.2 Å². The molecule has 0 bridgehead atoms. The SMILES string of the molecule is O=C=Nc1ccc(N=Nc2ccccc2)c(N=C=O)c1. The van der Waals surface area contributed by atoms with Gasteiger partial charge in [-0.3, -0.25) is 0 Å². The molecule has 6 heteroatoms. The Bertz CT molecular complexity index is 728. The maximum Gasteiger partial charge on any atom is 0.240 e. The quantitative estimate of drug-likeness (QED) is 0.474. The molecule has 0 aliphatic rings. The van der Waals surface area contributed by atoms with Gasteiger partial charge in [0.15, 0.2) is 0 Å². The van der Waals surface area contributed by atoms with Crippen molar-refractivity contribution >= 4 is 34.9 Å². The van der Waals surface area contributed by atoms with Crippen LogP contribution in [-0.2, 0) is 9.59 Å². The average Bonchev–Trinajstić information content (AvgIpc) is 2.48. The minimum Gasteiger partial charge on any atom is -0.211 e. The van der Waals surface area contributed by atoms with Crippen LogP contribution in [0.25, 0.3) is 0 Å². The predicted molar refractivity (Wildman–Crippen MR) is 72.6 cm³/mol. The maximum absolute atomic E-state index is 10.4. The smallest absolute Gasteiger partial charge is 0.211 e. The van der Waals surface area contributed by atoms with E-state index < -0.39 is 0 Å². The molecule has 0 aliphatic carbocycles. The summed E-state index contributed by atoms with van der Waals surface area (Å²) in [6.45, 7) is 0. The first-order valence-electron chi connectivity index (χ1n) is 5.60. The zero-order valence-electron chi connectivity index (χ0n) is 10.2. The van der Waals surface area contributed by atoms with Crippen molar-refractivity contribution in [3.63, 3.8) is 0 Å². The second-order valence-corrected chi connectivity index (χ2v) is 3.61. The molecule has 0 fully saturated rings. The molecule has 20 heavy (non-hydrogen) atoms. The number of aliphatic imine (C=N–C) groups is 2. The number of benzene rings is 2. The van der Waals surface area contributed by atoms with E-state index in [1.807, 2.05) is 18.2 Å². The molecule has 6 nitrogen and oxygen atoms in total. The molecule has 0 heterocycles. The lowest BCUT2D eigenvalue weighted by molar-refractivity contribution is 0.565. The second kappa shape index (κ2) is 6.66. The Morgan fingerprint density at radius 2 is 1.45 bits per heavy atom. The monoisotopic (exact) mass is 264 g/mol. The Morgan fingerprint density at radius 1 is 0.700 bits per heavy atom. The van der Waals surface area contributed by atoms with E-state index in [1.165, 1.54) is 18.2 Å². The molecule has 2 aromatic carbocycles. The van der Waals surface area contributed by atoms with Gasteiger partial charge in [-0.25, -0.2) is 9.59 Å². The van der Waals surface area contributed by atoms with Crippen molar-refractivity contribution in [3.05, 3.63) is 48.5 Å². The molecule has 2 aromatic rings. The van der Waals surface area contributed by atoms with Crippen LogP contribution in [0.2, 0.25) is 0 Å². The lowest BCUT2D eigenvalue weighted by atomic mass is 10.2. The molecule has 0 spiro atoms. The lowest BCUT2D eigenvalue weighted by Crippen LogP contribution is -1.70. The maximum atomic E-state index is 10.4. The molecule has 2 rings (SSSR count). The van der Waals surface area contributed by atoms with Gasteiger partial charge in [-0.15, -0.1) is 5.11 Å². The summed E-state index contributed by atoms with van der Waals surface area (Å²) < 4.78 is 0. The zero-order chi connectivity index (χ0) is 14.2. The zero-order valence-corrected chi connectivity index (χ0v) is 10.2. The molecule has 0 saturated heterocycles. The van der Waals surface area contributed by atoms with E-state index in [0.717, 1.165) is 0 Å². The van der Waals surface area contributed by atoms with Crippen LogP contribution in [0.15, 0.2) is 68.7 Å². The minimum absolute atomic E-state index is 0.233. The number of carbonyl (C=O) groups excluding carboxylic acids is 2.